The predicted molar refractivity (Wildman–Crippen MR) is 113 cm³/mol. The molecule has 2 nitrogen and oxygen atoms in total. The zero-order valence-electron chi connectivity index (χ0n) is 16.5. The van der Waals surface area contributed by atoms with Gasteiger partial charge in [0.05, 0.1) is 0 Å². The molecule has 0 aliphatic heterocycles. The summed E-state index contributed by atoms with van der Waals surface area (Å²) < 4.78 is 0. The van der Waals surface area contributed by atoms with Crippen molar-refractivity contribution < 1.29 is 9.90 Å². The molecule has 0 rings (SSSR count). The number of hydrogen-bond acceptors (Lipinski definition) is 1. The summed E-state index contributed by atoms with van der Waals surface area (Å²) in [5, 5.41) is 8.56. The van der Waals surface area contributed by atoms with Crippen molar-refractivity contribution >= 4 is 35.5 Å². The molecule has 1 N–H and O–H groups in total. The molecule has 0 atom stereocenters. The molecule has 0 spiro atoms. The van der Waals surface area contributed by atoms with E-state index in [1.807, 2.05) is 0 Å². The monoisotopic (exact) mass is 364 g/mol. The third-order valence-electron chi connectivity index (χ3n) is 4.99. The molecule has 0 saturated carbocycles. The zero-order chi connectivity index (χ0) is 17.7. The first-order valence-corrected chi connectivity index (χ1v) is 11.0. The molecule has 0 amide bonds. The molecule has 146 valence electrons. The first kappa shape index (κ1) is 27.7. The molecule has 0 bridgehead atoms. The summed E-state index contributed by atoms with van der Waals surface area (Å²) >= 11 is 0. The third kappa shape index (κ3) is 26.8. The Labute approximate surface area is 180 Å². The molecule has 0 aromatic carbocycles. The van der Waals surface area contributed by atoms with Gasteiger partial charge in [-0.25, -0.2) is 0 Å². The fourth-order valence-corrected chi connectivity index (χ4v) is 3.35. The van der Waals surface area contributed by atoms with Gasteiger partial charge in [0.15, 0.2) is 0 Å². The quantitative estimate of drug-likeness (QED) is 0.182. The van der Waals surface area contributed by atoms with E-state index >= 15 is 0 Å². The van der Waals surface area contributed by atoms with Gasteiger partial charge < -0.3 is 5.11 Å². The fraction of sp³-hybridized carbons (Fsp3) is 0.955. The van der Waals surface area contributed by atoms with Gasteiger partial charge in [0, 0.05) is 6.42 Å². The van der Waals surface area contributed by atoms with E-state index in [-0.39, 0.29) is 29.6 Å². The molecule has 25 heavy (non-hydrogen) atoms. The Balaban J connectivity index is 0. The van der Waals surface area contributed by atoms with Crippen LogP contribution in [0.15, 0.2) is 0 Å². The molecule has 3 heteroatoms. The van der Waals surface area contributed by atoms with Crippen LogP contribution in [-0.4, -0.2) is 40.6 Å². The minimum atomic E-state index is -0.651. The summed E-state index contributed by atoms with van der Waals surface area (Å²) in [7, 11) is 0. The Bertz CT molecular complexity index is 256. The van der Waals surface area contributed by atoms with Crippen molar-refractivity contribution in [2.75, 3.05) is 0 Å². The second-order valence-corrected chi connectivity index (χ2v) is 7.51. The van der Waals surface area contributed by atoms with Crippen molar-refractivity contribution in [3.63, 3.8) is 0 Å². The number of carboxylic acids is 1. The van der Waals surface area contributed by atoms with Crippen LogP contribution in [0.1, 0.15) is 135 Å². The van der Waals surface area contributed by atoms with Crippen molar-refractivity contribution in [3.8, 4) is 0 Å². The summed E-state index contributed by atoms with van der Waals surface area (Å²) in [4.78, 5) is 10.4. The van der Waals surface area contributed by atoms with Crippen molar-refractivity contribution in [3.05, 3.63) is 0 Å². The van der Waals surface area contributed by atoms with Crippen molar-refractivity contribution in [1.82, 2.24) is 0 Å². The standard InChI is InChI=1S/C22H44O2.Na.H/c1-2-3-4-5-6-7-8-9-10-11-12-13-14-15-16-17-18-19-20-21-22(23)24;;/h2-21H2,1H3,(H,23,24);;. The van der Waals surface area contributed by atoms with Gasteiger partial charge in [-0.2, -0.15) is 0 Å². The van der Waals surface area contributed by atoms with E-state index in [9.17, 15) is 4.79 Å². The van der Waals surface area contributed by atoms with Crippen LogP contribution in [0.2, 0.25) is 0 Å². The normalized spacial score (nSPS) is 10.6. The van der Waals surface area contributed by atoms with Gasteiger partial charge in [0.2, 0.25) is 0 Å². The number of carbonyl (C=O) groups is 1. The molecule has 0 aromatic rings. The number of aliphatic carboxylic acids is 1. The summed E-state index contributed by atoms with van der Waals surface area (Å²) in [6, 6.07) is 0. The van der Waals surface area contributed by atoms with Crippen molar-refractivity contribution in [2.24, 2.45) is 0 Å². The predicted octanol–water partition coefficient (Wildman–Crippen LogP) is 7.24. The van der Waals surface area contributed by atoms with Crippen LogP contribution in [-0.2, 0) is 4.79 Å². The summed E-state index contributed by atoms with van der Waals surface area (Å²) in [6.07, 6.45) is 26.1. The number of rotatable bonds is 20. The molecule has 0 fully saturated rings. The van der Waals surface area contributed by atoms with Gasteiger partial charge >= 0.3 is 35.5 Å². The summed E-state index contributed by atoms with van der Waals surface area (Å²) in [5.41, 5.74) is 0. The van der Waals surface area contributed by atoms with E-state index in [4.69, 9.17) is 5.11 Å². The summed E-state index contributed by atoms with van der Waals surface area (Å²) in [5.74, 6) is -0.651. The molecule has 0 unspecified atom stereocenters. The molecule has 0 aromatic heterocycles. The topological polar surface area (TPSA) is 37.3 Å². The zero-order valence-corrected chi connectivity index (χ0v) is 16.5. The van der Waals surface area contributed by atoms with E-state index < -0.39 is 5.97 Å². The van der Waals surface area contributed by atoms with Crippen LogP contribution in [0.5, 0.6) is 0 Å². The van der Waals surface area contributed by atoms with Gasteiger partial charge in [-0.15, -0.1) is 0 Å². The minimum absolute atomic E-state index is 0. The molecule has 0 aliphatic rings. The van der Waals surface area contributed by atoms with Gasteiger partial charge in [0.1, 0.15) is 0 Å². The number of unbranched alkanes of at least 4 members (excludes halogenated alkanes) is 18. The van der Waals surface area contributed by atoms with Gasteiger partial charge in [-0.3, -0.25) is 4.79 Å². The molecular weight excluding hydrogens is 319 g/mol. The number of carboxylic acid groups (broad SMARTS) is 1. The summed E-state index contributed by atoms with van der Waals surface area (Å²) in [6.45, 7) is 2.28. The van der Waals surface area contributed by atoms with Crippen molar-refractivity contribution in [1.29, 1.82) is 0 Å². The van der Waals surface area contributed by atoms with Crippen LogP contribution >= 0.6 is 0 Å². The van der Waals surface area contributed by atoms with Crippen LogP contribution in [0, 0.1) is 0 Å². The molecule has 0 aliphatic carbocycles. The Morgan fingerprint density at radius 1 is 0.520 bits per heavy atom. The molecule has 0 saturated heterocycles. The van der Waals surface area contributed by atoms with E-state index in [1.165, 1.54) is 109 Å². The van der Waals surface area contributed by atoms with E-state index in [2.05, 4.69) is 6.92 Å². The van der Waals surface area contributed by atoms with E-state index in [1.54, 1.807) is 0 Å². The van der Waals surface area contributed by atoms with E-state index in [0.29, 0.717) is 6.42 Å². The maximum absolute atomic E-state index is 10.4. The van der Waals surface area contributed by atoms with Gasteiger partial charge in [-0.05, 0) is 6.42 Å². The Kier molecular flexibility index (Phi) is 27.1. The van der Waals surface area contributed by atoms with Crippen LogP contribution in [0.4, 0.5) is 0 Å². The average Bonchev–Trinajstić information content (AvgIpc) is 2.56. The Morgan fingerprint density at radius 2 is 0.760 bits per heavy atom. The van der Waals surface area contributed by atoms with Gasteiger partial charge in [0.25, 0.3) is 0 Å². The third-order valence-corrected chi connectivity index (χ3v) is 4.99. The first-order valence-electron chi connectivity index (χ1n) is 11.0. The second-order valence-electron chi connectivity index (χ2n) is 7.51. The van der Waals surface area contributed by atoms with Crippen molar-refractivity contribution in [2.45, 2.75) is 135 Å². The fourth-order valence-electron chi connectivity index (χ4n) is 3.35. The van der Waals surface area contributed by atoms with Gasteiger partial charge in [-0.1, -0.05) is 122 Å². The average molecular weight is 365 g/mol. The number of hydrogen-bond donors (Lipinski definition) is 1. The second kappa shape index (κ2) is 24.5. The Hall–Kier alpha value is 0.470. The van der Waals surface area contributed by atoms with E-state index in [0.717, 1.165) is 12.8 Å². The van der Waals surface area contributed by atoms with Crippen LogP contribution in [0.25, 0.3) is 0 Å². The Morgan fingerprint density at radius 3 is 1.00 bits per heavy atom. The molecule has 0 radical (unpaired) electrons. The molecule has 0 heterocycles. The van der Waals surface area contributed by atoms with Crippen LogP contribution in [0.3, 0.4) is 0 Å². The SMILES string of the molecule is CCCCCCCCCCCCCCCCCCCCCC(=O)O.[NaH]. The first-order chi connectivity index (χ1) is 11.8. The molecular formula is C22H45NaO2. The van der Waals surface area contributed by atoms with Crippen LogP contribution < -0.4 is 0 Å². The maximum atomic E-state index is 10.4.